The Bertz CT molecular complexity index is 884. The maximum absolute atomic E-state index is 12.9. The van der Waals surface area contributed by atoms with E-state index in [1.54, 1.807) is 30.1 Å². The molecular weight excluding hydrogens is 330 g/mol. The molecule has 3 rings (SSSR count). The van der Waals surface area contributed by atoms with Crippen molar-refractivity contribution in [2.75, 3.05) is 17.3 Å². The minimum absolute atomic E-state index is 0.191. The van der Waals surface area contributed by atoms with Crippen LogP contribution in [0.25, 0.3) is 0 Å². The largest absolute Gasteiger partial charge is 0.454 e. The summed E-state index contributed by atoms with van der Waals surface area (Å²) in [6, 6.07) is 10.4. The van der Waals surface area contributed by atoms with Gasteiger partial charge >= 0.3 is 6.03 Å². The fourth-order valence-electron chi connectivity index (χ4n) is 2.75. The molecule has 2 N–H and O–H groups in total. The zero-order valence-electron chi connectivity index (χ0n) is 15.6. The molecule has 6 heteroatoms. The molecule has 0 aliphatic carbocycles. The third-order valence-electron chi connectivity index (χ3n) is 3.96. The Labute approximate surface area is 153 Å². The lowest BCUT2D eigenvalue weighted by Gasteiger charge is -2.21. The summed E-state index contributed by atoms with van der Waals surface area (Å²) in [5.74, 6) is 0.895. The zero-order valence-corrected chi connectivity index (χ0v) is 15.6. The van der Waals surface area contributed by atoms with Crippen molar-refractivity contribution >= 4 is 23.3 Å². The number of amides is 3. The van der Waals surface area contributed by atoms with E-state index in [4.69, 9.17) is 4.74 Å². The molecule has 0 saturated carbocycles. The van der Waals surface area contributed by atoms with Crippen LogP contribution in [0.3, 0.4) is 0 Å². The zero-order chi connectivity index (χ0) is 19.1. The Kier molecular flexibility index (Phi) is 4.36. The first kappa shape index (κ1) is 17.8. The molecule has 2 aromatic rings. The number of nitrogens with zero attached hydrogens (tertiary/aromatic N) is 1. The predicted molar refractivity (Wildman–Crippen MR) is 102 cm³/mol. The SMILES string of the molecule is Cc1ccc2c(c1)N(C)C(=O)c1cc(NC(=O)NC(C)(C)C)ccc1O2. The first-order chi connectivity index (χ1) is 12.1. The lowest BCUT2D eigenvalue weighted by Crippen LogP contribution is -2.43. The van der Waals surface area contributed by atoms with Gasteiger partial charge in [-0.1, -0.05) is 6.07 Å². The van der Waals surface area contributed by atoms with E-state index in [0.717, 1.165) is 5.56 Å². The number of urea groups is 1. The summed E-state index contributed by atoms with van der Waals surface area (Å²) >= 11 is 0. The molecule has 136 valence electrons. The molecule has 0 unspecified atom stereocenters. The van der Waals surface area contributed by atoms with Crippen LogP contribution in [0, 0.1) is 6.92 Å². The highest BCUT2D eigenvalue weighted by molar-refractivity contribution is 6.10. The molecule has 3 amide bonds. The van der Waals surface area contributed by atoms with Gasteiger partial charge in [-0.05, 0) is 63.6 Å². The summed E-state index contributed by atoms with van der Waals surface area (Å²) < 4.78 is 5.95. The minimum Gasteiger partial charge on any atom is -0.454 e. The molecule has 0 radical (unpaired) electrons. The highest BCUT2D eigenvalue weighted by atomic mass is 16.5. The van der Waals surface area contributed by atoms with Crippen molar-refractivity contribution in [1.82, 2.24) is 5.32 Å². The molecule has 6 nitrogen and oxygen atoms in total. The van der Waals surface area contributed by atoms with Crippen LogP contribution < -0.4 is 20.3 Å². The van der Waals surface area contributed by atoms with Crippen molar-refractivity contribution in [3.05, 3.63) is 47.5 Å². The number of carbonyl (C=O) groups is 2. The van der Waals surface area contributed by atoms with Gasteiger partial charge in [-0.15, -0.1) is 0 Å². The van der Waals surface area contributed by atoms with Crippen molar-refractivity contribution in [3.63, 3.8) is 0 Å². The monoisotopic (exact) mass is 353 g/mol. The maximum Gasteiger partial charge on any atom is 0.319 e. The Balaban J connectivity index is 1.92. The van der Waals surface area contributed by atoms with Gasteiger partial charge in [0.2, 0.25) is 0 Å². The molecule has 2 aromatic carbocycles. The summed E-state index contributed by atoms with van der Waals surface area (Å²) in [6.45, 7) is 7.66. The fourth-order valence-corrected chi connectivity index (χ4v) is 2.75. The van der Waals surface area contributed by atoms with Crippen LogP contribution in [-0.2, 0) is 0 Å². The second-order valence-corrected chi connectivity index (χ2v) is 7.48. The van der Waals surface area contributed by atoms with Crippen LogP contribution in [0.2, 0.25) is 0 Å². The average Bonchev–Trinajstić information content (AvgIpc) is 2.63. The predicted octanol–water partition coefficient (Wildman–Crippen LogP) is 4.30. The molecule has 0 aromatic heterocycles. The summed E-state index contributed by atoms with van der Waals surface area (Å²) in [6.07, 6.45) is 0. The lowest BCUT2D eigenvalue weighted by molar-refractivity contribution is 0.0993. The van der Waals surface area contributed by atoms with Gasteiger partial charge in [0.25, 0.3) is 5.91 Å². The van der Waals surface area contributed by atoms with Crippen LogP contribution in [0.5, 0.6) is 11.5 Å². The highest BCUT2D eigenvalue weighted by Gasteiger charge is 2.26. The van der Waals surface area contributed by atoms with Gasteiger partial charge in [0.15, 0.2) is 5.75 Å². The number of aryl methyl sites for hydroxylation is 1. The third kappa shape index (κ3) is 3.64. The van der Waals surface area contributed by atoms with E-state index >= 15 is 0 Å². The summed E-state index contributed by atoms with van der Waals surface area (Å²) in [5.41, 5.74) is 2.33. The number of benzene rings is 2. The van der Waals surface area contributed by atoms with Gasteiger partial charge in [-0.2, -0.15) is 0 Å². The molecule has 0 fully saturated rings. The molecule has 1 aliphatic rings. The number of rotatable bonds is 1. The molecule has 0 spiro atoms. The minimum atomic E-state index is -0.353. The van der Waals surface area contributed by atoms with Crippen molar-refractivity contribution in [3.8, 4) is 11.5 Å². The van der Waals surface area contributed by atoms with Gasteiger partial charge in [-0.25, -0.2) is 4.79 Å². The maximum atomic E-state index is 12.9. The molecular formula is C20H23N3O3. The standard InChI is InChI=1S/C20H23N3O3/c1-12-6-8-17-15(10-12)23(5)18(24)14-11-13(7-9-16(14)26-17)21-19(25)22-20(2,3)4/h6-11H,1-5H3,(H2,21,22,25). The average molecular weight is 353 g/mol. The van der Waals surface area contributed by atoms with Gasteiger partial charge < -0.3 is 20.3 Å². The van der Waals surface area contributed by atoms with Gasteiger partial charge in [0.1, 0.15) is 5.75 Å². The van der Waals surface area contributed by atoms with E-state index in [0.29, 0.717) is 28.4 Å². The van der Waals surface area contributed by atoms with Crippen molar-refractivity contribution in [1.29, 1.82) is 0 Å². The highest BCUT2D eigenvalue weighted by Crippen LogP contribution is 2.39. The molecule has 0 saturated heterocycles. The molecule has 26 heavy (non-hydrogen) atoms. The van der Waals surface area contributed by atoms with Gasteiger partial charge in [0.05, 0.1) is 11.3 Å². The van der Waals surface area contributed by atoms with Crippen LogP contribution >= 0.6 is 0 Å². The number of fused-ring (bicyclic) bond motifs is 2. The quantitative estimate of drug-likeness (QED) is 0.803. The number of anilines is 2. The van der Waals surface area contributed by atoms with Crippen molar-refractivity contribution in [2.24, 2.45) is 0 Å². The number of nitrogens with one attached hydrogen (secondary N) is 2. The Morgan fingerprint density at radius 2 is 1.77 bits per heavy atom. The van der Waals surface area contributed by atoms with E-state index in [-0.39, 0.29) is 17.5 Å². The number of carbonyl (C=O) groups excluding carboxylic acids is 2. The van der Waals surface area contributed by atoms with E-state index in [1.165, 1.54) is 0 Å². The second-order valence-electron chi connectivity index (χ2n) is 7.48. The summed E-state index contributed by atoms with van der Waals surface area (Å²) in [4.78, 5) is 26.5. The van der Waals surface area contributed by atoms with Gasteiger partial charge in [-0.3, -0.25) is 4.79 Å². The van der Waals surface area contributed by atoms with Crippen molar-refractivity contribution in [2.45, 2.75) is 33.2 Å². The second kappa shape index (κ2) is 6.37. The number of hydrogen-bond acceptors (Lipinski definition) is 3. The van der Waals surface area contributed by atoms with E-state index in [1.807, 2.05) is 45.9 Å². The third-order valence-corrected chi connectivity index (χ3v) is 3.96. The van der Waals surface area contributed by atoms with Crippen molar-refractivity contribution < 1.29 is 14.3 Å². The number of hydrogen-bond donors (Lipinski definition) is 2. The van der Waals surface area contributed by atoms with Crippen LogP contribution in [-0.4, -0.2) is 24.5 Å². The molecule has 0 bridgehead atoms. The first-order valence-electron chi connectivity index (χ1n) is 8.44. The molecule has 0 atom stereocenters. The lowest BCUT2D eigenvalue weighted by atomic mass is 10.1. The van der Waals surface area contributed by atoms with E-state index in [9.17, 15) is 9.59 Å². The molecule has 1 heterocycles. The van der Waals surface area contributed by atoms with Gasteiger partial charge in [0, 0.05) is 18.3 Å². The Hall–Kier alpha value is -3.02. The first-order valence-corrected chi connectivity index (χ1v) is 8.44. The van der Waals surface area contributed by atoms with Crippen LogP contribution in [0.15, 0.2) is 36.4 Å². The van der Waals surface area contributed by atoms with Crippen LogP contribution in [0.4, 0.5) is 16.2 Å². The Morgan fingerprint density at radius 1 is 1.08 bits per heavy atom. The summed E-state index contributed by atoms with van der Waals surface area (Å²) in [5, 5.41) is 5.58. The van der Waals surface area contributed by atoms with E-state index in [2.05, 4.69) is 10.6 Å². The topological polar surface area (TPSA) is 70.7 Å². The number of ether oxygens (including phenoxy) is 1. The molecule has 1 aliphatic heterocycles. The Morgan fingerprint density at radius 3 is 2.46 bits per heavy atom. The normalized spacial score (nSPS) is 13.3. The fraction of sp³-hybridized carbons (Fsp3) is 0.300. The smallest absolute Gasteiger partial charge is 0.319 e. The summed E-state index contributed by atoms with van der Waals surface area (Å²) in [7, 11) is 1.71. The van der Waals surface area contributed by atoms with Crippen LogP contribution in [0.1, 0.15) is 36.7 Å². The van der Waals surface area contributed by atoms with E-state index < -0.39 is 0 Å².